The van der Waals surface area contributed by atoms with Gasteiger partial charge in [-0.05, 0) is 37.1 Å². The van der Waals surface area contributed by atoms with Crippen LogP contribution in [-0.2, 0) is 11.3 Å². The Kier molecular flexibility index (Phi) is 4.10. The Bertz CT molecular complexity index is 1040. The first-order chi connectivity index (χ1) is 13.7. The highest BCUT2D eigenvalue weighted by Crippen LogP contribution is 2.33. The predicted octanol–water partition coefficient (Wildman–Crippen LogP) is 2.36. The van der Waals surface area contributed by atoms with Crippen LogP contribution in [-0.4, -0.2) is 45.0 Å². The van der Waals surface area contributed by atoms with Crippen LogP contribution in [0.2, 0.25) is 0 Å². The minimum absolute atomic E-state index is 0.261. The number of hydrogen-bond donors (Lipinski definition) is 1. The third-order valence-corrected chi connectivity index (χ3v) is 5.42. The van der Waals surface area contributed by atoms with Crippen molar-refractivity contribution < 1.29 is 4.74 Å². The van der Waals surface area contributed by atoms with E-state index < -0.39 is 0 Å². The first-order valence-electron chi connectivity index (χ1n) is 9.58. The summed E-state index contributed by atoms with van der Waals surface area (Å²) >= 11 is 0. The molecule has 4 heterocycles. The molecule has 3 aromatic rings. The second kappa shape index (κ2) is 6.77. The van der Waals surface area contributed by atoms with Crippen molar-refractivity contribution in [3.05, 3.63) is 30.5 Å². The second-order valence-electron chi connectivity index (χ2n) is 7.37. The van der Waals surface area contributed by atoms with Crippen LogP contribution in [0.3, 0.4) is 0 Å². The van der Waals surface area contributed by atoms with Crippen molar-refractivity contribution in [1.82, 2.24) is 19.7 Å². The molecule has 0 aliphatic carbocycles. The molecule has 8 heteroatoms. The van der Waals surface area contributed by atoms with Crippen LogP contribution in [0.1, 0.15) is 19.3 Å². The van der Waals surface area contributed by atoms with Crippen LogP contribution in [0.4, 0.5) is 11.5 Å². The van der Waals surface area contributed by atoms with Crippen molar-refractivity contribution in [3.63, 3.8) is 0 Å². The zero-order valence-electron chi connectivity index (χ0n) is 15.5. The van der Waals surface area contributed by atoms with Gasteiger partial charge in [0.05, 0.1) is 42.8 Å². The standard InChI is InChI=1S/C20H21N7O/c21-8-1-9-27-20-17(10-23-27)19(26-11-15-6-7-16(12-26)28-15)24-18(25-20)13-2-4-14(22)5-3-13/h2-5,10,15-16H,1,6-7,9,11-12,22H2. The molecule has 8 nitrogen and oxygen atoms in total. The van der Waals surface area contributed by atoms with E-state index in [0.29, 0.717) is 24.5 Å². The number of nitriles is 1. The van der Waals surface area contributed by atoms with Crippen molar-refractivity contribution >= 4 is 22.5 Å². The minimum atomic E-state index is 0.261. The number of nitrogen functional groups attached to an aromatic ring is 1. The van der Waals surface area contributed by atoms with Gasteiger partial charge < -0.3 is 15.4 Å². The van der Waals surface area contributed by atoms with Crippen LogP contribution in [0, 0.1) is 11.3 Å². The van der Waals surface area contributed by atoms with Gasteiger partial charge in [-0.2, -0.15) is 10.4 Å². The Morgan fingerprint density at radius 2 is 1.89 bits per heavy atom. The van der Waals surface area contributed by atoms with Gasteiger partial charge in [0.1, 0.15) is 5.82 Å². The molecule has 2 aliphatic heterocycles. The van der Waals surface area contributed by atoms with Gasteiger partial charge in [-0.1, -0.05) is 0 Å². The first kappa shape index (κ1) is 17.0. The number of hydrogen-bond acceptors (Lipinski definition) is 7. The number of ether oxygens (including phenoxy) is 1. The molecule has 0 spiro atoms. The lowest BCUT2D eigenvalue weighted by Crippen LogP contribution is -2.43. The van der Waals surface area contributed by atoms with E-state index in [-0.39, 0.29) is 12.2 Å². The molecular weight excluding hydrogens is 354 g/mol. The van der Waals surface area contributed by atoms with Gasteiger partial charge in [0.15, 0.2) is 11.5 Å². The highest BCUT2D eigenvalue weighted by atomic mass is 16.5. The van der Waals surface area contributed by atoms with Crippen LogP contribution in [0.15, 0.2) is 30.5 Å². The lowest BCUT2D eigenvalue weighted by molar-refractivity contribution is 0.0303. The molecule has 142 valence electrons. The molecule has 2 N–H and O–H groups in total. The highest BCUT2D eigenvalue weighted by Gasteiger charge is 2.35. The van der Waals surface area contributed by atoms with Gasteiger partial charge in [0, 0.05) is 24.3 Å². The van der Waals surface area contributed by atoms with Gasteiger partial charge in [0.2, 0.25) is 0 Å². The summed E-state index contributed by atoms with van der Waals surface area (Å²) in [5.74, 6) is 1.53. The Hall–Kier alpha value is -3.18. The Labute approximate surface area is 162 Å². The Balaban J connectivity index is 1.63. The molecule has 2 aromatic heterocycles. The van der Waals surface area contributed by atoms with Crippen LogP contribution in [0.5, 0.6) is 0 Å². The van der Waals surface area contributed by atoms with Crippen LogP contribution < -0.4 is 10.6 Å². The van der Waals surface area contributed by atoms with Crippen molar-refractivity contribution in [2.24, 2.45) is 0 Å². The Morgan fingerprint density at radius 1 is 1.14 bits per heavy atom. The zero-order valence-corrected chi connectivity index (χ0v) is 15.5. The van der Waals surface area contributed by atoms with Gasteiger partial charge in [0.25, 0.3) is 0 Å². The molecule has 28 heavy (non-hydrogen) atoms. The van der Waals surface area contributed by atoms with E-state index in [1.165, 1.54) is 0 Å². The third kappa shape index (κ3) is 2.94. The van der Waals surface area contributed by atoms with Crippen molar-refractivity contribution in [2.45, 2.75) is 38.0 Å². The van der Waals surface area contributed by atoms with Crippen molar-refractivity contribution in [2.75, 3.05) is 23.7 Å². The van der Waals surface area contributed by atoms with Gasteiger partial charge in [-0.3, -0.25) is 0 Å². The second-order valence-corrected chi connectivity index (χ2v) is 7.37. The van der Waals surface area contributed by atoms with Gasteiger partial charge in [-0.15, -0.1) is 0 Å². The topological polar surface area (TPSA) is 106 Å². The first-order valence-corrected chi connectivity index (χ1v) is 9.58. The predicted molar refractivity (Wildman–Crippen MR) is 106 cm³/mol. The molecule has 2 aliphatic rings. The molecule has 1 aromatic carbocycles. The van der Waals surface area contributed by atoms with Crippen LogP contribution >= 0.6 is 0 Å². The van der Waals surface area contributed by atoms with E-state index >= 15 is 0 Å². The maximum absolute atomic E-state index is 8.96. The number of benzene rings is 1. The van der Waals surface area contributed by atoms with Crippen molar-refractivity contribution in [3.8, 4) is 17.5 Å². The normalized spacial score (nSPS) is 21.2. The molecule has 2 unspecified atom stereocenters. The Morgan fingerprint density at radius 3 is 2.61 bits per heavy atom. The summed E-state index contributed by atoms with van der Waals surface area (Å²) in [7, 11) is 0. The van der Waals surface area contributed by atoms with E-state index in [1.54, 1.807) is 4.68 Å². The average Bonchev–Trinajstić information content (AvgIpc) is 3.28. The SMILES string of the molecule is N#CCCn1ncc2c(N3CC4CCC(C3)O4)nc(-c3ccc(N)cc3)nc21. The summed E-state index contributed by atoms with van der Waals surface area (Å²) in [6.07, 6.45) is 4.92. The smallest absolute Gasteiger partial charge is 0.164 e. The van der Waals surface area contributed by atoms with Crippen molar-refractivity contribution in [1.29, 1.82) is 5.26 Å². The van der Waals surface area contributed by atoms with E-state index in [4.69, 9.17) is 25.7 Å². The van der Waals surface area contributed by atoms with E-state index in [2.05, 4.69) is 16.1 Å². The lowest BCUT2D eigenvalue weighted by atomic mass is 10.2. The number of anilines is 2. The summed E-state index contributed by atoms with van der Waals surface area (Å²) in [6, 6.07) is 9.74. The molecule has 5 rings (SSSR count). The molecule has 0 saturated carbocycles. The molecule has 2 saturated heterocycles. The van der Waals surface area contributed by atoms with E-state index in [0.717, 1.165) is 48.3 Å². The quantitative estimate of drug-likeness (QED) is 0.698. The molecule has 2 fully saturated rings. The number of aryl methyl sites for hydroxylation is 1. The number of rotatable bonds is 4. The summed E-state index contributed by atoms with van der Waals surface area (Å²) < 4.78 is 7.78. The summed E-state index contributed by atoms with van der Waals surface area (Å²) in [6.45, 7) is 2.16. The zero-order chi connectivity index (χ0) is 19.1. The molecule has 0 amide bonds. The molecule has 0 radical (unpaired) electrons. The number of nitrogens with two attached hydrogens (primary N) is 1. The van der Waals surface area contributed by atoms with E-state index in [9.17, 15) is 0 Å². The molecular formula is C20H21N7O. The fourth-order valence-corrected chi connectivity index (χ4v) is 4.05. The van der Waals surface area contributed by atoms with Crippen LogP contribution in [0.25, 0.3) is 22.4 Å². The monoisotopic (exact) mass is 375 g/mol. The highest BCUT2D eigenvalue weighted by molar-refractivity contribution is 5.89. The average molecular weight is 375 g/mol. The minimum Gasteiger partial charge on any atom is -0.399 e. The van der Waals surface area contributed by atoms with Gasteiger partial charge >= 0.3 is 0 Å². The summed E-state index contributed by atoms with van der Waals surface area (Å²) in [5, 5.41) is 14.4. The fourth-order valence-electron chi connectivity index (χ4n) is 4.05. The van der Waals surface area contributed by atoms with Gasteiger partial charge in [-0.25, -0.2) is 14.6 Å². The number of morpholine rings is 1. The fraction of sp³-hybridized carbons (Fsp3) is 0.400. The molecule has 2 bridgehead atoms. The largest absolute Gasteiger partial charge is 0.399 e. The maximum Gasteiger partial charge on any atom is 0.164 e. The number of fused-ring (bicyclic) bond motifs is 3. The number of aromatic nitrogens is 4. The maximum atomic E-state index is 8.96. The summed E-state index contributed by atoms with van der Waals surface area (Å²) in [5.41, 5.74) is 8.20. The number of nitrogens with zero attached hydrogens (tertiary/aromatic N) is 6. The third-order valence-electron chi connectivity index (χ3n) is 5.42. The summed E-state index contributed by atoms with van der Waals surface area (Å²) in [4.78, 5) is 12.0. The van der Waals surface area contributed by atoms with E-state index in [1.807, 2.05) is 30.5 Å². The lowest BCUT2D eigenvalue weighted by Gasteiger charge is -2.33. The molecule has 2 atom stereocenters.